The first-order valence-electron chi connectivity index (χ1n) is 7.02. The van der Waals surface area contributed by atoms with E-state index in [0.717, 1.165) is 13.0 Å². The van der Waals surface area contributed by atoms with Crippen LogP contribution >= 0.6 is 0 Å². The number of carbonyl (C=O) groups is 1. The van der Waals surface area contributed by atoms with Crippen LogP contribution in [0, 0.1) is 0 Å². The molecule has 1 atom stereocenters. The summed E-state index contributed by atoms with van der Waals surface area (Å²) in [6.45, 7) is 1.86. The van der Waals surface area contributed by atoms with Gasteiger partial charge in [-0.2, -0.15) is 17.5 Å². The molecule has 136 valence electrons. The maximum absolute atomic E-state index is 11.5. The van der Waals surface area contributed by atoms with Crippen LogP contribution in [0.25, 0.3) is 0 Å². The molecule has 1 fully saturated rings. The Morgan fingerprint density at radius 1 is 1.33 bits per heavy atom. The van der Waals surface area contributed by atoms with Gasteiger partial charge in [0.15, 0.2) is 0 Å². The Labute approximate surface area is 138 Å². The van der Waals surface area contributed by atoms with Gasteiger partial charge in [-0.05, 0) is 12.0 Å². The molecule has 24 heavy (non-hydrogen) atoms. The summed E-state index contributed by atoms with van der Waals surface area (Å²) in [5.41, 5.74) is 1.24. The summed E-state index contributed by atoms with van der Waals surface area (Å²) in [5.74, 6) is -2.76. The average Bonchev–Trinajstić information content (AvgIpc) is 2.47. The molecule has 0 bridgehead atoms. The van der Waals surface area contributed by atoms with Gasteiger partial charge in [0.05, 0.1) is 6.26 Å². The van der Waals surface area contributed by atoms with Crippen molar-refractivity contribution >= 4 is 16.0 Å². The van der Waals surface area contributed by atoms with Crippen LogP contribution in [-0.4, -0.2) is 61.9 Å². The quantitative estimate of drug-likeness (QED) is 0.834. The molecule has 2 N–H and O–H groups in total. The second-order valence-corrected chi connectivity index (χ2v) is 7.25. The Bertz CT molecular complexity index is 635. The van der Waals surface area contributed by atoms with E-state index in [-0.39, 0.29) is 6.04 Å². The fourth-order valence-corrected chi connectivity index (χ4v) is 3.01. The summed E-state index contributed by atoms with van der Waals surface area (Å²) in [6.07, 6.45) is -2.94. The van der Waals surface area contributed by atoms with Gasteiger partial charge in [0.1, 0.15) is 0 Å². The van der Waals surface area contributed by atoms with Crippen LogP contribution in [0.5, 0.6) is 0 Å². The number of alkyl halides is 3. The minimum Gasteiger partial charge on any atom is -0.475 e. The lowest BCUT2D eigenvalue weighted by Crippen LogP contribution is -2.53. The van der Waals surface area contributed by atoms with Crippen molar-refractivity contribution in [3.8, 4) is 0 Å². The predicted octanol–water partition coefficient (Wildman–Crippen LogP) is 1.10. The molecular formula is C14H19F3N2O4S. The van der Waals surface area contributed by atoms with Gasteiger partial charge in [-0.15, -0.1) is 0 Å². The second kappa shape index (κ2) is 8.45. The highest BCUT2D eigenvalue weighted by Crippen LogP contribution is 2.13. The molecule has 1 heterocycles. The van der Waals surface area contributed by atoms with Crippen molar-refractivity contribution in [3.63, 3.8) is 0 Å². The highest BCUT2D eigenvalue weighted by molar-refractivity contribution is 7.88. The lowest BCUT2D eigenvalue weighted by atomic mass is 10.1. The molecule has 2 rings (SSSR count). The Kier molecular flexibility index (Phi) is 7.18. The van der Waals surface area contributed by atoms with Crippen molar-refractivity contribution < 1.29 is 31.5 Å². The van der Waals surface area contributed by atoms with Crippen LogP contribution in [0.2, 0.25) is 0 Å². The van der Waals surface area contributed by atoms with Gasteiger partial charge in [0.25, 0.3) is 0 Å². The van der Waals surface area contributed by atoms with E-state index >= 15 is 0 Å². The number of rotatable bonds is 3. The Hall–Kier alpha value is -1.65. The summed E-state index contributed by atoms with van der Waals surface area (Å²) in [7, 11) is -3.06. The van der Waals surface area contributed by atoms with Gasteiger partial charge in [-0.1, -0.05) is 30.3 Å². The lowest BCUT2D eigenvalue weighted by Gasteiger charge is -2.32. The fraction of sp³-hybridized carbons (Fsp3) is 0.500. The zero-order valence-corrected chi connectivity index (χ0v) is 13.8. The summed E-state index contributed by atoms with van der Waals surface area (Å²) in [4.78, 5) is 8.90. The Balaban J connectivity index is 0.000000351. The molecule has 0 aliphatic carbocycles. The monoisotopic (exact) mass is 368 g/mol. The van der Waals surface area contributed by atoms with E-state index in [1.807, 2.05) is 18.2 Å². The number of halogens is 3. The minimum absolute atomic E-state index is 0.209. The van der Waals surface area contributed by atoms with E-state index in [4.69, 9.17) is 9.90 Å². The van der Waals surface area contributed by atoms with Crippen molar-refractivity contribution in [3.05, 3.63) is 35.9 Å². The highest BCUT2D eigenvalue weighted by Gasteiger charge is 2.38. The van der Waals surface area contributed by atoms with E-state index in [1.165, 1.54) is 11.8 Å². The maximum Gasteiger partial charge on any atom is 0.490 e. The molecule has 1 aromatic carbocycles. The van der Waals surface area contributed by atoms with Crippen molar-refractivity contribution in [2.75, 3.05) is 25.9 Å². The molecule has 0 radical (unpaired) electrons. The van der Waals surface area contributed by atoms with Crippen LogP contribution in [0.1, 0.15) is 5.56 Å². The number of aliphatic carboxylic acids is 1. The summed E-state index contributed by atoms with van der Waals surface area (Å²) in [6, 6.07) is 10.3. The van der Waals surface area contributed by atoms with Crippen LogP contribution in [0.15, 0.2) is 30.3 Å². The molecule has 6 nitrogen and oxygen atoms in total. The third kappa shape index (κ3) is 7.28. The molecule has 1 aliphatic rings. The molecular weight excluding hydrogens is 349 g/mol. The predicted molar refractivity (Wildman–Crippen MR) is 82.0 cm³/mol. The maximum atomic E-state index is 11.5. The number of benzene rings is 1. The van der Waals surface area contributed by atoms with Crippen LogP contribution < -0.4 is 5.32 Å². The normalized spacial score (nSPS) is 19.2. The number of sulfonamides is 1. The molecule has 0 spiro atoms. The molecule has 0 unspecified atom stereocenters. The van der Waals surface area contributed by atoms with E-state index in [1.54, 1.807) is 4.31 Å². The second-order valence-electron chi connectivity index (χ2n) is 5.26. The van der Waals surface area contributed by atoms with Crippen molar-refractivity contribution in [2.24, 2.45) is 0 Å². The van der Waals surface area contributed by atoms with E-state index < -0.39 is 22.2 Å². The summed E-state index contributed by atoms with van der Waals surface area (Å²) >= 11 is 0. The topological polar surface area (TPSA) is 86.7 Å². The molecule has 10 heteroatoms. The number of carboxylic acids is 1. The number of nitrogens with one attached hydrogen (secondary N) is 1. The fourth-order valence-electron chi connectivity index (χ4n) is 2.13. The van der Waals surface area contributed by atoms with E-state index in [9.17, 15) is 21.6 Å². The van der Waals surface area contributed by atoms with Crippen molar-refractivity contribution in [2.45, 2.75) is 18.6 Å². The number of hydrogen-bond donors (Lipinski definition) is 2. The first-order valence-corrected chi connectivity index (χ1v) is 8.87. The first kappa shape index (κ1) is 20.4. The molecule has 1 saturated heterocycles. The first-order chi connectivity index (χ1) is 11.0. The van der Waals surface area contributed by atoms with Crippen molar-refractivity contribution in [1.82, 2.24) is 9.62 Å². The smallest absolute Gasteiger partial charge is 0.475 e. The molecule has 0 aromatic heterocycles. The number of carboxylic acid groups (broad SMARTS) is 1. The SMILES string of the molecule is CS(=O)(=O)N1CCN[C@@H](Cc2ccccc2)C1.O=C(O)C(F)(F)F. The zero-order chi connectivity index (χ0) is 18.4. The number of nitrogens with zero attached hydrogens (tertiary/aromatic N) is 1. The van der Waals surface area contributed by atoms with Gasteiger partial charge >= 0.3 is 12.1 Å². The third-order valence-corrected chi connectivity index (χ3v) is 4.52. The Morgan fingerprint density at radius 2 is 1.88 bits per heavy atom. The molecule has 1 aliphatic heterocycles. The minimum atomic E-state index is -5.08. The number of piperazine rings is 1. The standard InChI is InChI=1S/C12H18N2O2S.C2HF3O2/c1-17(15,16)14-8-7-13-12(10-14)9-11-5-3-2-4-6-11;3-2(4,5)1(6)7/h2-6,12-13H,7-10H2,1H3;(H,6,7)/t12-;/m0./s1. The lowest BCUT2D eigenvalue weighted by molar-refractivity contribution is -0.192. The largest absolute Gasteiger partial charge is 0.490 e. The summed E-state index contributed by atoms with van der Waals surface area (Å²) < 4.78 is 56.3. The van der Waals surface area contributed by atoms with E-state index in [0.29, 0.717) is 13.1 Å². The molecule has 0 saturated carbocycles. The van der Waals surface area contributed by atoms with Gasteiger partial charge in [-0.25, -0.2) is 13.2 Å². The average molecular weight is 368 g/mol. The summed E-state index contributed by atoms with van der Waals surface area (Å²) in [5, 5.41) is 10.5. The zero-order valence-electron chi connectivity index (χ0n) is 13.0. The van der Waals surface area contributed by atoms with Crippen LogP contribution in [0.4, 0.5) is 13.2 Å². The van der Waals surface area contributed by atoms with Gasteiger partial charge in [0, 0.05) is 25.7 Å². The van der Waals surface area contributed by atoms with Gasteiger partial charge < -0.3 is 10.4 Å². The molecule has 1 aromatic rings. The molecule has 0 amide bonds. The highest BCUT2D eigenvalue weighted by atomic mass is 32.2. The van der Waals surface area contributed by atoms with Gasteiger partial charge in [-0.3, -0.25) is 0 Å². The van der Waals surface area contributed by atoms with Crippen LogP contribution in [-0.2, 0) is 21.2 Å². The van der Waals surface area contributed by atoms with Gasteiger partial charge in [0.2, 0.25) is 10.0 Å². The Morgan fingerprint density at radius 3 is 2.33 bits per heavy atom. The van der Waals surface area contributed by atoms with Crippen molar-refractivity contribution in [1.29, 1.82) is 0 Å². The van der Waals surface area contributed by atoms with Crippen LogP contribution in [0.3, 0.4) is 0 Å². The van der Waals surface area contributed by atoms with E-state index in [2.05, 4.69) is 17.4 Å². The number of hydrogen-bond acceptors (Lipinski definition) is 4. The third-order valence-electron chi connectivity index (χ3n) is 3.25.